The highest BCUT2D eigenvalue weighted by Crippen LogP contribution is 2.50. The van der Waals surface area contributed by atoms with Crippen molar-refractivity contribution in [3.05, 3.63) is 172 Å². The Hall–Kier alpha value is -5.31. The normalized spacial score (nSPS) is 17.6. The Morgan fingerprint density at radius 3 is 1.98 bits per heavy atom. The van der Waals surface area contributed by atoms with E-state index >= 15 is 0 Å². The van der Waals surface area contributed by atoms with Crippen LogP contribution in [-0.4, -0.2) is 40.9 Å². The zero-order chi connectivity index (χ0) is 32.1. The minimum absolute atomic E-state index is 0.136. The molecule has 8 nitrogen and oxygen atoms in total. The number of aliphatic hydroxyl groups is 1. The van der Waals surface area contributed by atoms with E-state index in [2.05, 4.69) is 16.9 Å². The first-order chi connectivity index (χ1) is 22.5. The molecule has 0 unspecified atom stereocenters. The van der Waals surface area contributed by atoms with E-state index in [4.69, 9.17) is 9.47 Å². The predicted octanol–water partition coefficient (Wildman–Crippen LogP) is 5.85. The van der Waals surface area contributed by atoms with Crippen molar-refractivity contribution in [1.29, 1.82) is 0 Å². The van der Waals surface area contributed by atoms with Crippen molar-refractivity contribution in [1.82, 2.24) is 9.55 Å². The molecule has 6 rings (SSSR count). The first kappa shape index (κ1) is 30.7. The lowest BCUT2D eigenvalue weighted by Gasteiger charge is -2.48. The fourth-order valence-corrected chi connectivity index (χ4v) is 6.33. The molecule has 8 heteroatoms. The van der Waals surface area contributed by atoms with Gasteiger partial charge in [-0.25, -0.2) is 4.79 Å². The fourth-order valence-electron chi connectivity index (χ4n) is 6.33. The molecule has 1 aliphatic carbocycles. The van der Waals surface area contributed by atoms with Crippen molar-refractivity contribution < 1.29 is 19.4 Å². The topological polar surface area (TPSA) is 103 Å². The Bertz CT molecular complexity index is 1820. The van der Waals surface area contributed by atoms with Gasteiger partial charge in [0, 0.05) is 23.6 Å². The molecule has 1 aliphatic rings. The average Bonchev–Trinajstić information content (AvgIpc) is 3.10. The maximum absolute atomic E-state index is 13.3. The van der Waals surface area contributed by atoms with Crippen molar-refractivity contribution in [2.75, 3.05) is 25.6 Å². The van der Waals surface area contributed by atoms with E-state index in [1.165, 1.54) is 4.57 Å². The second-order valence-corrected chi connectivity index (χ2v) is 11.2. The molecule has 0 radical (unpaired) electrons. The number of carbonyl (C=O) groups excluding carboxylic acids is 1. The molecule has 3 atom stereocenters. The van der Waals surface area contributed by atoms with Gasteiger partial charge in [-0.15, -0.1) is 0 Å². The van der Waals surface area contributed by atoms with Crippen LogP contribution in [0, 0.1) is 11.8 Å². The summed E-state index contributed by atoms with van der Waals surface area (Å²) in [4.78, 5) is 30.1. The van der Waals surface area contributed by atoms with E-state index in [9.17, 15) is 14.7 Å². The third kappa shape index (κ3) is 5.76. The summed E-state index contributed by atoms with van der Waals surface area (Å²) in [6.07, 6.45) is 1.61. The Morgan fingerprint density at radius 2 is 1.43 bits per heavy atom. The molecule has 0 bridgehead atoms. The van der Waals surface area contributed by atoms with Crippen LogP contribution in [0.3, 0.4) is 0 Å². The number of hydrogen-bond donors (Lipinski definition) is 2. The number of nitrogens with zero attached hydrogens (tertiary/aromatic N) is 2. The first-order valence-corrected chi connectivity index (χ1v) is 15.1. The van der Waals surface area contributed by atoms with Gasteiger partial charge in [0.25, 0.3) is 5.91 Å². The summed E-state index contributed by atoms with van der Waals surface area (Å²) in [6.45, 7) is 4.29. The Kier molecular flexibility index (Phi) is 8.92. The summed E-state index contributed by atoms with van der Waals surface area (Å²) in [7, 11) is 1.63. The number of hydrogen-bond acceptors (Lipinski definition) is 6. The number of methoxy groups -OCH3 is 1. The molecule has 1 amide bonds. The van der Waals surface area contributed by atoms with Crippen molar-refractivity contribution in [3.63, 3.8) is 0 Å². The van der Waals surface area contributed by atoms with Crippen molar-refractivity contribution >= 4 is 11.7 Å². The van der Waals surface area contributed by atoms with Crippen LogP contribution in [0.25, 0.3) is 0 Å². The number of rotatable bonds is 11. The number of benzene rings is 4. The number of carbonyl (C=O) groups is 1. The minimum Gasteiger partial charge on any atom is -0.497 e. The number of aliphatic hydroxyl groups excluding tert-OH is 1. The molecule has 1 heterocycles. The van der Waals surface area contributed by atoms with Gasteiger partial charge in [-0.3, -0.25) is 9.36 Å². The summed E-state index contributed by atoms with van der Waals surface area (Å²) in [5, 5.41) is 13.1. The second-order valence-electron chi connectivity index (χ2n) is 11.2. The molecule has 232 valence electrons. The number of anilines is 1. The Balaban J connectivity index is 1.34. The molecule has 1 saturated carbocycles. The first-order valence-electron chi connectivity index (χ1n) is 15.1. The number of ether oxygens (including phenoxy) is 2. The third-order valence-corrected chi connectivity index (χ3v) is 8.73. The van der Waals surface area contributed by atoms with Gasteiger partial charge >= 0.3 is 5.69 Å². The van der Waals surface area contributed by atoms with Gasteiger partial charge in [-0.1, -0.05) is 97.6 Å². The molecule has 1 fully saturated rings. The number of aromatic nitrogens is 2. The lowest BCUT2D eigenvalue weighted by atomic mass is 9.66. The van der Waals surface area contributed by atoms with Gasteiger partial charge < -0.3 is 19.9 Å². The summed E-state index contributed by atoms with van der Waals surface area (Å²) in [6, 6.07) is 37.7. The third-order valence-electron chi connectivity index (χ3n) is 8.73. The van der Waals surface area contributed by atoms with E-state index in [1.807, 2.05) is 91.0 Å². The SMILES string of the molecule is C=C1[C@@H](n2ccc(NC(=O)c3ccccc3)nc2=O)[C@H](COC(c2ccccc2)(c2ccccc2)c2ccc(OC)cc2)[C@H]1CO. The van der Waals surface area contributed by atoms with Gasteiger partial charge in [0.1, 0.15) is 17.2 Å². The molecule has 46 heavy (non-hydrogen) atoms. The van der Waals surface area contributed by atoms with Crippen LogP contribution in [-0.2, 0) is 10.3 Å². The van der Waals surface area contributed by atoms with Crippen molar-refractivity contribution in [2.45, 2.75) is 11.6 Å². The van der Waals surface area contributed by atoms with E-state index in [0.717, 1.165) is 28.0 Å². The van der Waals surface area contributed by atoms with Crippen LogP contribution >= 0.6 is 0 Å². The monoisotopic (exact) mass is 613 g/mol. The number of amides is 1. The average molecular weight is 614 g/mol. The van der Waals surface area contributed by atoms with E-state index < -0.39 is 17.3 Å². The van der Waals surface area contributed by atoms with Gasteiger partial charge in [0.15, 0.2) is 0 Å². The summed E-state index contributed by atoms with van der Waals surface area (Å²) >= 11 is 0. The van der Waals surface area contributed by atoms with Crippen LogP contribution in [0.15, 0.2) is 144 Å². The highest BCUT2D eigenvalue weighted by atomic mass is 16.5. The summed E-state index contributed by atoms with van der Waals surface area (Å²) in [5.74, 6) is -0.0501. The molecule has 0 spiro atoms. The second kappa shape index (κ2) is 13.4. The lowest BCUT2D eigenvalue weighted by molar-refractivity contribution is -0.0513. The zero-order valence-corrected chi connectivity index (χ0v) is 25.5. The predicted molar refractivity (Wildman–Crippen MR) is 177 cm³/mol. The molecule has 0 aliphatic heterocycles. The smallest absolute Gasteiger partial charge is 0.350 e. The van der Waals surface area contributed by atoms with Gasteiger partial charge in [0.05, 0.1) is 26.4 Å². The Labute approximate surface area is 267 Å². The molecule has 1 aromatic heterocycles. The largest absolute Gasteiger partial charge is 0.497 e. The molecule has 0 saturated heterocycles. The van der Waals surface area contributed by atoms with Crippen molar-refractivity contribution in [2.24, 2.45) is 11.8 Å². The minimum atomic E-state index is -1.01. The van der Waals surface area contributed by atoms with Crippen LogP contribution in [0.2, 0.25) is 0 Å². The highest BCUT2D eigenvalue weighted by Gasteiger charge is 2.48. The van der Waals surface area contributed by atoms with Gasteiger partial charge in [-0.05, 0) is 52.6 Å². The molecular weight excluding hydrogens is 578 g/mol. The van der Waals surface area contributed by atoms with E-state index in [0.29, 0.717) is 5.56 Å². The molecule has 4 aromatic carbocycles. The van der Waals surface area contributed by atoms with Crippen LogP contribution in [0.5, 0.6) is 5.75 Å². The van der Waals surface area contributed by atoms with E-state index in [1.54, 1.807) is 43.6 Å². The molecular formula is C38H35N3O5. The van der Waals surface area contributed by atoms with Gasteiger partial charge in [0.2, 0.25) is 0 Å². The van der Waals surface area contributed by atoms with Crippen LogP contribution in [0.1, 0.15) is 33.1 Å². The highest BCUT2D eigenvalue weighted by molar-refractivity contribution is 6.03. The molecule has 2 N–H and O–H groups in total. The fraction of sp³-hybridized carbons (Fsp3) is 0.184. The maximum Gasteiger partial charge on any atom is 0.350 e. The van der Waals surface area contributed by atoms with Gasteiger partial charge in [-0.2, -0.15) is 4.98 Å². The van der Waals surface area contributed by atoms with Crippen LogP contribution in [0.4, 0.5) is 5.82 Å². The number of nitrogens with one attached hydrogen (secondary N) is 1. The summed E-state index contributed by atoms with van der Waals surface area (Å²) in [5.41, 5.74) is 2.39. The van der Waals surface area contributed by atoms with Crippen LogP contribution < -0.4 is 15.7 Å². The summed E-state index contributed by atoms with van der Waals surface area (Å²) < 4.78 is 14.0. The quantitative estimate of drug-likeness (QED) is 0.143. The standard InChI is InChI=1S/C38H35N3O5/c1-26-32(24-42)33(35(26)41-23-22-34(40-37(41)44)39-36(43)27-12-6-3-7-13-27)25-46-38(28-14-8-4-9-15-28,29-16-10-5-11-17-29)30-18-20-31(45-2)21-19-30/h3-23,32-33,35,42H,1,24-25H2,2H3,(H,39,40,43,44)/t32-,33+,35+/m0/s1. The van der Waals surface area contributed by atoms with Crippen molar-refractivity contribution in [3.8, 4) is 5.75 Å². The molecule has 5 aromatic rings. The Morgan fingerprint density at radius 1 is 0.870 bits per heavy atom. The maximum atomic E-state index is 13.3. The lowest BCUT2D eigenvalue weighted by Crippen LogP contribution is -2.49. The zero-order valence-electron chi connectivity index (χ0n) is 25.5. The van der Waals surface area contributed by atoms with E-state index in [-0.39, 0.29) is 36.8 Å².